The van der Waals surface area contributed by atoms with E-state index in [4.69, 9.17) is 5.11 Å². The molecule has 0 aliphatic rings. The molecule has 5 nitrogen and oxygen atoms in total. The largest absolute Gasteiger partial charge is 0.396 e. The fourth-order valence-electron chi connectivity index (χ4n) is 0.844. The van der Waals surface area contributed by atoms with Crippen LogP contribution in [0.2, 0.25) is 0 Å². The summed E-state index contributed by atoms with van der Waals surface area (Å²) in [5, 5.41) is 8.49. The molecule has 1 aromatic rings. The molecule has 0 aliphatic carbocycles. The van der Waals surface area contributed by atoms with Gasteiger partial charge in [0, 0.05) is 23.3 Å². The van der Waals surface area contributed by atoms with Gasteiger partial charge in [0.1, 0.15) is 0 Å². The zero-order valence-electron chi connectivity index (χ0n) is 6.87. The summed E-state index contributed by atoms with van der Waals surface area (Å²) in [6.07, 6.45) is 0. The molecule has 1 rings (SSSR count). The van der Waals surface area contributed by atoms with E-state index in [9.17, 15) is 9.59 Å². The Balaban J connectivity index is 2.67. The number of aromatic amines is 2. The maximum absolute atomic E-state index is 10.8. The summed E-state index contributed by atoms with van der Waals surface area (Å²) in [4.78, 5) is 26.2. The predicted molar refractivity (Wildman–Crippen MR) is 50.9 cm³/mol. The average Bonchev–Trinajstić information content (AvgIpc) is 2.03. The van der Waals surface area contributed by atoms with Gasteiger partial charge < -0.3 is 10.1 Å². The molecule has 72 valence electrons. The monoisotopic (exact) mass is 202 g/mol. The number of aromatic nitrogens is 2. The van der Waals surface area contributed by atoms with Crippen LogP contribution in [-0.2, 0) is 5.75 Å². The molecular weight excluding hydrogens is 192 g/mol. The minimum absolute atomic E-state index is 0.0953. The minimum Gasteiger partial charge on any atom is -0.396 e. The van der Waals surface area contributed by atoms with Crippen molar-refractivity contribution in [3.8, 4) is 0 Å². The molecule has 1 aromatic heterocycles. The molecule has 3 N–H and O–H groups in total. The number of thioether (sulfide) groups is 1. The summed E-state index contributed by atoms with van der Waals surface area (Å²) in [5.74, 6) is 1.12. The molecule has 0 atom stereocenters. The van der Waals surface area contributed by atoms with Crippen LogP contribution in [-0.4, -0.2) is 27.4 Å². The second-order valence-corrected chi connectivity index (χ2v) is 3.49. The van der Waals surface area contributed by atoms with Crippen molar-refractivity contribution >= 4 is 11.8 Å². The number of aliphatic hydroxyl groups is 1. The molecule has 0 saturated carbocycles. The summed E-state index contributed by atoms with van der Waals surface area (Å²) in [6, 6.07) is 1.34. The molecule has 0 radical (unpaired) electrons. The standard InChI is InChI=1S/C7H10N2O3S/c10-1-2-13-4-5-3-6(11)9-7(12)8-5/h3,10H,1-2,4H2,(H2,8,9,11,12). The molecule has 0 aromatic carbocycles. The van der Waals surface area contributed by atoms with Crippen LogP contribution >= 0.6 is 11.8 Å². The van der Waals surface area contributed by atoms with Gasteiger partial charge >= 0.3 is 5.69 Å². The Morgan fingerprint density at radius 1 is 1.38 bits per heavy atom. The molecule has 1 heterocycles. The Morgan fingerprint density at radius 2 is 2.15 bits per heavy atom. The van der Waals surface area contributed by atoms with Gasteiger partial charge in [0.25, 0.3) is 5.56 Å². The Bertz CT molecular complexity index is 342. The maximum atomic E-state index is 10.8. The summed E-state index contributed by atoms with van der Waals surface area (Å²) in [5.41, 5.74) is -0.317. The van der Waals surface area contributed by atoms with Crippen LogP contribution in [0.4, 0.5) is 0 Å². The lowest BCUT2D eigenvalue weighted by Gasteiger charge is -1.98. The smallest absolute Gasteiger partial charge is 0.325 e. The normalized spacial score (nSPS) is 10.2. The van der Waals surface area contributed by atoms with Crippen molar-refractivity contribution in [1.29, 1.82) is 0 Å². The predicted octanol–water partition coefficient (Wildman–Crippen LogP) is -0.711. The highest BCUT2D eigenvalue weighted by molar-refractivity contribution is 7.98. The van der Waals surface area contributed by atoms with Crippen molar-refractivity contribution < 1.29 is 5.11 Å². The van der Waals surface area contributed by atoms with E-state index in [1.165, 1.54) is 17.8 Å². The Morgan fingerprint density at radius 3 is 2.77 bits per heavy atom. The number of nitrogens with one attached hydrogen (secondary N) is 2. The van der Waals surface area contributed by atoms with E-state index in [1.807, 2.05) is 0 Å². The van der Waals surface area contributed by atoms with Crippen LogP contribution in [0.25, 0.3) is 0 Å². The van der Waals surface area contributed by atoms with Crippen molar-refractivity contribution in [2.75, 3.05) is 12.4 Å². The lowest BCUT2D eigenvalue weighted by atomic mass is 10.4. The molecule has 0 unspecified atom stereocenters. The SMILES string of the molecule is O=c1cc(CSCCO)[nH]c(=O)[nH]1. The van der Waals surface area contributed by atoms with Gasteiger partial charge in [0.05, 0.1) is 6.61 Å². The first kappa shape index (κ1) is 10.1. The fourth-order valence-corrected chi connectivity index (χ4v) is 1.49. The minimum atomic E-state index is -0.493. The highest BCUT2D eigenvalue weighted by atomic mass is 32.2. The quantitative estimate of drug-likeness (QED) is 0.563. The lowest BCUT2D eigenvalue weighted by Crippen LogP contribution is -2.22. The molecule has 6 heteroatoms. The summed E-state index contributed by atoms with van der Waals surface area (Å²) >= 11 is 1.45. The average molecular weight is 202 g/mol. The third kappa shape index (κ3) is 3.47. The van der Waals surface area contributed by atoms with E-state index < -0.39 is 11.2 Å². The number of aliphatic hydroxyl groups excluding tert-OH is 1. The second kappa shape index (κ2) is 4.88. The number of rotatable bonds is 4. The van der Waals surface area contributed by atoms with Crippen LogP contribution in [0, 0.1) is 0 Å². The Labute approximate surface area is 78.2 Å². The van der Waals surface area contributed by atoms with Crippen molar-refractivity contribution in [2.45, 2.75) is 5.75 Å². The zero-order chi connectivity index (χ0) is 9.68. The van der Waals surface area contributed by atoms with Gasteiger partial charge in [0.2, 0.25) is 0 Å². The van der Waals surface area contributed by atoms with Crippen LogP contribution in [0.5, 0.6) is 0 Å². The third-order valence-corrected chi connectivity index (χ3v) is 2.30. The molecule has 0 amide bonds. The fraction of sp³-hybridized carbons (Fsp3) is 0.429. The van der Waals surface area contributed by atoms with Gasteiger partial charge in [0.15, 0.2) is 0 Å². The molecule has 0 spiro atoms. The van der Waals surface area contributed by atoms with E-state index in [0.717, 1.165) is 0 Å². The molecule has 0 aliphatic heterocycles. The number of hydrogen-bond donors (Lipinski definition) is 3. The zero-order valence-corrected chi connectivity index (χ0v) is 7.69. The van der Waals surface area contributed by atoms with Crippen molar-refractivity contribution in [3.05, 3.63) is 32.6 Å². The number of H-pyrrole nitrogens is 2. The van der Waals surface area contributed by atoms with Gasteiger partial charge in [-0.1, -0.05) is 0 Å². The Hall–Kier alpha value is -1.01. The summed E-state index contributed by atoms with van der Waals surface area (Å²) < 4.78 is 0. The summed E-state index contributed by atoms with van der Waals surface area (Å²) in [7, 11) is 0. The molecule has 13 heavy (non-hydrogen) atoms. The van der Waals surface area contributed by atoms with E-state index in [0.29, 0.717) is 17.2 Å². The summed E-state index contributed by atoms with van der Waals surface area (Å²) in [6.45, 7) is 0.0953. The van der Waals surface area contributed by atoms with Gasteiger partial charge in [-0.05, 0) is 0 Å². The molecule has 0 fully saturated rings. The van der Waals surface area contributed by atoms with Crippen LogP contribution in [0.15, 0.2) is 15.7 Å². The van der Waals surface area contributed by atoms with Crippen LogP contribution < -0.4 is 11.2 Å². The first-order valence-electron chi connectivity index (χ1n) is 3.73. The highest BCUT2D eigenvalue weighted by Crippen LogP contribution is 2.05. The number of hydrogen-bond acceptors (Lipinski definition) is 4. The van der Waals surface area contributed by atoms with E-state index in [-0.39, 0.29) is 6.61 Å². The highest BCUT2D eigenvalue weighted by Gasteiger charge is 1.96. The van der Waals surface area contributed by atoms with Crippen molar-refractivity contribution in [1.82, 2.24) is 9.97 Å². The van der Waals surface area contributed by atoms with Crippen LogP contribution in [0.3, 0.4) is 0 Å². The Kier molecular flexibility index (Phi) is 3.78. The lowest BCUT2D eigenvalue weighted by molar-refractivity contribution is 0.322. The second-order valence-electron chi connectivity index (χ2n) is 2.39. The van der Waals surface area contributed by atoms with Gasteiger partial charge in [-0.3, -0.25) is 9.78 Å². The topological polar surface area (TPSA) is 85.9 Å². The molecule has 0 saturated heterocycles. The van der Waals surface area contributed by atoms with Gasteiger partial charge in [-0.2, -0.15) is 11.8 Å². The van der Waals surface area contributed by atoms with Gasteiger partial charge in [-0.25, -0.2) is 4.79 Å². The first-order valence-corrected chi connectivity index (χ1v) is 4.89. The van der Waals surface area contributed by atoms with Crippen molar-refractivity contribution in [3.63, 3.8) is 0 Å². The van der Waals surface area contributed by atoms with E-state index in [2.05, 4.69) is 9.97 Å². The van der Waals surface area contributed by atoms with Crippen molar-refractivity contribution in [2.24, 2.45) is 0 Å². The molecular formula is C7H10N2O3S. The van der Waals surface area contributed by atoms with E-state index >= 15 is 0 Å². The maximum Gasteiger partial charge on any atom is 0.325 e. The van der Waals surface area contributed by atoms with E-state index in [1.54, 1.807) is 0 Å². The molecule has 0 bridgehead atoms. The van der Waals surface area contributed by atoms with Crippen LogP contribution in [0.1, 0.15) is 5.69 Å². The third-order valence-electron chi connectivity index (χ3n) is 1.31. The first-order chi connectivity index (χ1) is 6.22. The van der Waals surface area contributed by atoms with Gasteiger partial charge in [-0.15, -0.1) is 0 Å².